The topological polar surface area (TPSA) is 65.1 Å². The zero-order valence-corrected chi connectivity index (χ0v) is 20.3. The highest BCUT2D eigenvalue weighted by atomic mass is 16.6. The minimum absolute atomic E-state index is 0.134. The molecule has 1 aliphatic heterocycles. The highest BCUT2D eigenvalue weighted by Crippen LogP contribution is 2.40. The Morgan fingerprint density at radius 3 is 2.09 bits per heavy atom. The van der Waals surface area contributed by atoms with Crippen LogP contribution in [-0.2, 0) is 9.53 Å². The predicted octanol–water partition coefficient (Wildman–Crippen LogP) is 5.26. The van der Waals surface area contributed by atoms with Crippen LogP contribution in [0.1, 0.15) is 64.2 Å². The van der Waals surface area contributed by atoms with Crippen LogP contribution in [0.3, 0.4) is 0 Å². The molecule has 0 spiro atoms. The Morgan fingerprint density at radius 1 is 0.909 bits per heavy atom. The number of para-hydroxylation sites is 2. The van der Waals surface area contributed by atoms with Gasteiger partial charge in [0.25, 0.3) is 0 Å². The number of esters is 2. The predicted molar refractivity (Wildman–Crippen MR) is 128 cm³/mol. The molecule has 0 N–H and O–H groups in total. The van der Waals surface area contributed by atoms with Crippen LogP contribution in [-0.4, -0.2) is 47.2 Å². The van der Waals surface area contributed by atoms with Crippen molar-refractivity contribution in [1.29, 1.82) is 0 Å². The fraction of sp³-hybridized carbons (Fsp3) is 0.481. The summed E-state index contributed by atoms with van der Waals surface area (Å²) in [5, 5.41) is 0. The first kappa shape index (κ1) is 24.8. The van der Waals surface area contributed by atoms with E-state index in [2.05, 4.69) is 32.6 Å². The molecule has 0 radical (unpaired) electrons. The van der Waals surface area contributed by atoms with Crippen molar-refractivity contribution in [3.8, 4) is 11.5 Å². The highest BCUT2D eigenvalue weighted by Gasteiger charge is 2.46. The summed E-state index contributed by atoms with van der Waals surface area (Å²) < 4.78 is 17.0. The number of ether oxygens (including phenoxy) is 3. The first-order valence-corrected chi connectivity index (χ1v) is 11.5. The van der Waals surface area contributed by atoms with Gasteiger partial charge in [-0.25, -0.2) is 4.79 Å². The molecule has 33 heavy (non-hydrogen) atoms. The zero-order chi connectivity index (χ0) is 24.1. The van der Waals surface area contributed by atoms with E-state index in [4.69, 9.17) is 14.2 Å². The Balaban J connectivity index is 1.56. The van der Waals surface area contributed by atoms with Crippen molar-refractivity contribution in [2.45, 2.75) is 71.1 Å². The summed E-state index contributed by atoms with van der Waals surface area (Å²) in [5.41, 5.74) is 0.305. The fourth-order valence-electron chi connectivity index (χ4n) is 4.92. The van der Waals surface area contributed by atoms with E-state index in [9.17, 15) is 9.59 Å². The van der Waals surface area contributed by atoms with Crippen molar-refractivity contribution >= 4 is 11.9 Å². The van der Waals surface area contributed by atoms with Gasteiger partial charge in [0.1, 0.15) is 6.10 Å². The monoisotopic (exact) mass is 453 g/mol. The van der Waals surface area contributed by atoms with E-state index < -0.39 is 0 Å². The van der Waals surface area contributed by atoms with Crippen LogP contribution >= 0.6 is 0 Å². The smallest absolute Gasteiger partial charge is 0.338 e. The highest BCUT2D eigenvalue weighted by molar-refractivity contribution is 5.89. The molecule has 178 valence electrons. The lowest BCUT2D eigenvalue weighted by atomic mass is 9.78. The van der Waals surface area contributed by atoms with Crippen LogP contribution in [0.2, 0.25) is 0 Å². The first-order valence-electron chi connectivity index (χ1n) is 11.5. The second-order valence-corrected chi connectivity index (χ2v) is 9.82. The lowest BCUT2D eigenvalue weighted by Gasteiger charge is -2.55. The number of hydrogen-bond donors (Lipinski definition) is 0. The van der Waals surface area contributed by atoms with Gasteiger partial charge in [-0.05, 0) is 58.4 Å². The molecule has 0 amide bonds. The molecule has 6 nitrogen and oxygen atoms in total. The van der Waals surface area contributed by atoms with Crippen LogP contribution in [0.25, 0.3) is 0 Å². The number of benzene rings is 2. The van der Waals surface area contributed by atoms with E-state index in [0.29, 0.717) is 23.7 Å². The molecule has 0 aromatic heterocycles. The molecule has 2 aromatic rings. The van der Waals surface area contributed by atoms with Gasteiger partial charge < -0.3 is 14.2 Å². The maximum Gasteiger partial charge on any atom is 0.338 e. The Labute approximate surface area is 196 Å². The quantitative estimate of drug-likeness (QED) is 0.309. The number of piperidine rings is 1. The normalized spacial score (nSPS) is 17.8. The Morgan fingerprint density at radius 2 is 1.48 bits per heavy atom. The molecule has 2 aromatic carbocycles. The maximum atomic E-state index is 12.6. The van der Waals surface area contributed by atoms with E-state index in [0.717, 1.165) is 25.8 Å². The Bertz CT molecular complexity index is 936. The van der Waals surface area contributed by atoms with Crippen molar-refractivity contribution in [1.82, 2.24) is 4.90 Å². The average molecular weight is 454 g/mol. The summed E-state index contributed by atoms with van der Waals surface area (Å²) in [7, 11) is 0. The van der Waals surface area contributed by atoms with Crippen molar-refractivity contribution in [3.05, 3.63) is 60.2 Å². The molecule has 3 rings (SSSR count). The molecular formula is C27H35NO5. The van der Waals surface area contributed by atoms with Crippen LogP contribution < -0.4 is 9.47 Å². The van der Waals surface area contributed by atoms with Gasteiger partial charge in [-0.2, -0.15) is 0 Å². The third-order valence-corrected chi connectivity index (χ3v) is 6.09. The third kappa shape index (κ3) is 6.57. The second kappa shape index (κ2) is 10.4. The summed E-state index contributed by atoms with van der Waals surface area (Å²) in [6.07, 6.45) is 2.22. The van der Waals surface area contributed by atoms with Gasteiger partial charge in [0, 0.05) is 37.4 Å². The molecule has 1 saturated heterocycles. The molecule has 1 aliphatic rings. The summed E-state index contributed by atoms with van der Waals surface area (Å²) in [5.74, 6) is 0.371. The third-order valence-electron chi connectivity index (χ3n) is 6.09. The van der Waals surface area contributed by atoms with Gasteiger partial charge in [0.05, 0.1) is 12.2 Å². The van der Waals surface area contributed by atoms with E-state index in [1.807, 2.05) is 30.3 Å². The SMILES string of the molecule is CC(=O)Oc1ccccc1OCCCN1C(C)(C)CC(OC(=O)c2ccccc2)CC1(C)C. The van der Waals surface area contributed by atoms with Crippen molar-refractivity contribution in [3.63, 3.8) is 0 Å². The zero-order valence-electron chi connectivity index (χ0n) is 20.3. The molecule has 0 unspecified atom stereocenters. The van der Waals surface area contributed by atoms with Gasteiger partial charge in [-0.1, -0.05) is 30.3 Å². The van der Waals surface area contributed by atoms with Gasteiger partial charge in [0.2, 0.25) is 0 Å². The number of carbonyl (C=O) groups excluding carboxylic acids is 2. The van der Waals surface area contributed by atoms with Crippen LogP contribution in [0.15, 0.2) is 54.6 Å². The maximum absolute atomic E-state index is 12.6. The summed E-state index contributed by atoms with van der Waals surface area (Å²) >= 11 is 0. The minimum atomic E-state index is -0.370. The van der Waals surface area contributed by atoms with Crippen LogP contribution in [0.4, 0.5) is 0 Å². The Hall–Kier alpha value is -2.86. The average Bonchev–Trinajstić information content (AvgIpc) is 2.73. The molecule has 6 heteroatoms. The number of rotatable bonds is 8. The van der Waals surface area contributed by atoms with Gasteiger partial charge in [-0.15, -0.1) is 0 Å². The van der Waals surface area contributed by atoms with Crippen molar-refractivity contribution < 1.29 is 23.8 Å². The van der Waals surface area contributed by atoms with E-state index >= 15 is 0 Å². The standard InChI is InChI=1S/C27H35NO5/c1-20(29)32-24-15-10-9-14-23(24)31-17-11-16-28-26(2,3)18-22(19-27(28,4)5)33-25(30)21-12-7-6-8-13-21/h6-10,12-15,22H,11,16-19H2,1-5H3. The molecule has 0 atom stereocenters. The number of likely N-dealkylation sites (tertiary alicyclic amines) is 1. The lowest BCUT2D eigenvalue weighted by Crippen LogP contribution is -2.62. The first-order chi connectivity index (χ1) is 15.6. The van der Waals surface area contributed by atoms with E-state index in [1.165, 1.54) is 6.92 Å². The van der Waals surface area contributed by atoms with E-state index in [-0.39, 0.29) is 29.1 Å². The molecule has 0 aliphatic carbocycles. The van der Waals surface area contributed by atoms with Gasteiger partial charge in [0.15, 0.2) is 11.5 Å². The molecule has 1 fully saturated rings. The van der Waals surface area contributed by atoms with Crippen molar-refractivity contribution in [2.24, 2.45) is 0 Å². The summed E-state index contributed by atoms with van der Waals surface area (Å²) in [4.78, 5) is 26.4. The number of carbonyl (C=O) groups is 2. The largest absolute Gasteiger partial charge is 0.490 e. The fourth-order valence-corrected chi connectivity index (χ4v) is 4.92. The molecular weight excluding hydrogens is 418 g/mol. The van der Waals surface area contributed by atoms with E-state index in [1.54, 1.807) is 24.3 Å². The van der Waals surface area contributed by atoms with Gasteiger partial charge >= 0.3 is 11.9 Å². The minimum Gasteiger partial charge on any atom is -0.490 e. The van der Waals surface area contributed by atoms with Crippen molar-refractivity contribution in [2.75, 3.05) is 13.2 Å². The number of nitrogens with zero attached hydrogens (tertiary/aromatic N) is 1. The molecule has 0 saturated carbocycles. The summed E-state index contributed by atoms with van der Waals surface area (Å²) in [6, 6.07) is 16.4. The lowest BCUT2D eigenvalue weighted by molar-refractivity contribution is -0.132. The number of hydrogen-bond acceptors (Lipinski definition) is 6. The second-order valence-electron chi connectivity index (χ2n) is 9.82. The Kier molecular flexibility index (Phi) is 7.80. The summed E-state index contributed by atoms with van der Waals surface area (Å²) in [6.45, 7) is 11.5. The van der Waals surface area contributed by atoms with Crippen LogP contribution in [0.5, 0.6) is 11.5 Å². The van der Waals surface area contributed by atoms with Gasteiger partial charge in [-0.3, -0.25) is 9.69 Å². The molecule has 1 heterocycles. The molecule has 0 bridgehead atoms. The van der Waals surface area contributed by atoms with Crippen LogP contribution in [0, 0.1) is 0 Å².